The molecule has 0 radical (unpaired) electrons. The highest BCUT2D eigenvalue weighted by molar-refractivity contribution is 6.00. The van der Waals surface area contributed by atoms with Crippen molar-refractivity contribution < 1.29 is 23.8 Å². The Balaban J connectivity index is 2.01. The Morgan fingerprint density at radius 2 is 2.09 bits per heavy atom. The van der Waals surface area contributed by atoms with Crippen molar-refractivity contribution in [2.75, 3.05) is 13.7 Å². The average Bonchev–Trinajstić information content (AvgIpc) is 3.27. The van der Waals surface area contributed by atoms with E-state index in [1.54, 1.807) is 13.2 Å². The molecule has 0 aliphatic heterocycles. The molecule has 116 valence electrons. The van der Waals surface area contributed by atoms with Crippen molar-refractivity contribution in [3.8, 4) is 0 Å². The van der Waals surface area contributed by atoms with Gasteiger partial charge < -0.3 is 19.2 Å². The second-order valence-electron chi connectivity index (χ2n) is 5.40. The first-order valence-corrected chi connectivity index (χ1v) is 7.14. The second-order valence-corrected chi connectivity index (χ2v) is 5.40. The van der Waals surface area contributed by atoms with Gasteiger partial charge in [-0.25, -0.2) is 0 Å². The van der Waals surface area contributed by atoms with Crippen LogP contribution >= 0.6 is 0 Å². The number of carboxylic acids is 1. The lowest BCUT2D eigenvalue weighted by molar-refractivity contribution is -0.137. The van der Waals surface area contributed by atoms with Crippen LogP contribution in [-0.4, -0.2) is 41.6 Å². The van der Waals surface area contributed by atoms with E-state index < -0.39 is 5.97 Å². The van der Waals surface area contributed by atoms with E-state index in [1.807, 2.05) is 18.2 Å². The number of methoxy groups -OCH3 is 1. The Bertz CT molecular complexity index is 716. The molecule has 1 aromatic heterocycles. The Morgan fingerprint density at radius 1 is 1.36 bits per heavy atom. The molecule has 22 heavy (non-hydrogen) atoms. The molecule has 0 unspecified atom stereocenters. The molecule has 1 N–H and O–H groups in total. The molecule has 1 aliphatic carbocycles. The van der Waals surface area contributed by atoms with Crippen LogP contribution in [0.4, 0.5) is 0 Å². The van der Waals surface area contributed by atoms with Gasteiger partial charge in [-0.2, -0.15) is 0 Å². The molecule has 2 aromatic rings. The van der Waals surface area contributed by atoms with Crippen LogP contribution in [0.2, 0.25) is 0 Å². The number of furan rings is 1. The quantitative estimate of drug-likeness (QED) is 0.885. The summed E-state index contributed by atoms with van der Waals surface area (Å²) >= 11 is 0. The van der Waals surface area contributed by atoms with E-state index in [0.717, 1.165) is 18.2 Å². The van der Waals surface area contributed by atoms with E-state index in [9.17, 15) is 9.59 Å². The number of carbonyl (C=O) groups excluding carboxylic acids is 1. The van der Waals surface area contributed by atoms with Gasteiger partial charge in [-0.05, 0) is 18.9 Å². The summed E-state index contributed by atoms with van der Waals surface area (Å²) in [4.78, 5) is 25.1. The van der Waals surface area contributed by atoms with Crippen molar-refractivity contribution in [2.45, 2.75) is 25.5 Å². The van der Waals surface area contributed by atoms with E-state index >= 15 is 0 Å². The van der Waals surface area contributed by atoms with Gasteiger partial charge in [-0.15, -0.1) is 0 Å². The minimum atomic E-state index is -1.02. The van der Waals surface area contributed by atoms with E-state index in [0.29, 0.717) is 11.1 Å². The normalized spacial score (nSPS) is 14.2. The lowest BCUT2D eigenvalue weighted by Gasteiger charge is -2.19. The predicted octanol–water partition coefficient (Wildman–Crippen LogP) is 2.27. The van der Waals surface area contributed by atoms with Crippen LogP contribution in [0.5, 0.6) is 0 Å². The number of rotatable bonds is 6. The molecule has 1 fully saturated rings. The number of amides is 1. The largest absolute Gasteiger partial charge is 0.480 e. The van der Waals surface area contributed by atoms with Crippen LogP contribution in [-0.2, 0) is 16.1 Å². The van der Waals surface area contributed by atoms with E-state index in [2.05, 4.69) is 0 Å². The highest BCUT2D eigenvalue weighted by Crippen LogP contribution is 2.32. The van der Waals surface area contributed by atoms with Gasteiger partial charge in [0.15, 0.2) is 5.76 Å². The van der Waals surface area contributed by atoms with Crippen molar-refractivity contribution in [2.24, 2.45) is 0 Å². The van der Waals surface area contributed by atoms with Crippen LogP contribution in [0.1, 0.15) is 29.0 Å². The van der Waals surface area contributed by atoms with Crippen LogP contribution in [0, 0.1) is 0 Å². The molecule has 1 aromatic carbocycles. The maximum absolute atomic E-state index is 12.7. The third-order valence-electron chi connectivity index (χ3n) is 3.74. The molecule has 1 aliphatic rings. The van der Waals surface area contributed by atoms with Gasteiger partial charge in [0.2, 0.25) is 0 Å². The van der Waals surface area contributed by atoms with Gasteiger partial charge >= 0.3 is 5.97 Å². The lowest BCUT2D eigenvalue weighted by Crippen LogP contribution is -2.37. The molecular formula is C16H17NO5. The van der Waals surface area contributed by atoms with Crippen LogP contribution < -0.4 is 0 Å². The van der Waals surface area contributed by atoms with E-state index in [-0.39, 0.29) is 30.9 Å². The molecule has 0 spiro atoms. The molecule has 1 saturated carbocycles. The molecule has 0 bridgehead atoms. The SMILES string of the molecule is COCc1c(C(=O)N(CC(=O)O)C2CC2)oc2ccccc12. The number of ether oxygens (including phenoxy) is 1. The van der Waals surface area contributed by atoms with Crippen LogP contribution in [0.15, 0.2) is 28.7 Å². The molecule has 1 heterocycles. The summed E-state index contributed by atoms with van der Waals surface area (Å²) < 4.78 is 10.9. The Morgan fingerprint density at radius 3 is 2.73 bits per heavy atom. The summed E-state index contributed by atoms with van der Waals surface area (Å²) in [5.41, 5.74) is 1.27. The zero-order valence-electron chi connectivity index (χ0n) is 12.2. The highest BCUT2D eigenvalue weighted by atomic mass is 16.5. The van der Waals surface area contributed by atoms with Crippen molar-refractivity contribution >= 4 is 22.8 Å². The molecule has 6 nitrogen and oxygen atoms in total. The van der Waals surface area contributed by atoms with E-state index in [4.69, 9.17) is 14.3 Å². The Kier molecular flexibility index (Phi) is 3.85. The number of benzene rings is 1. The van der Waals surface area contributed by atoms with Gasteiger partial charge in [-0.3, -0.25) is 9.59 Å². The fourth-order valence-corrected chi connectivity index (χ4v) is 2.59. The fraction of sp³-hybridized carbons (Fsp3) is 0.375. The first-order valence-electron chi connectivity index (χ1n) is 7.14. The molecule has 6 heteroatoms. The minimum Gasteiger partial charge on any atom is -0.480 e. The van der Waals surface area contributed by atoms with Gasteiger partial charge in [-0.1, -0.05) is 18.2 Å². The van der Waals surface area contributed by atoms with Gasteiger partial charge in [0.25, 0.3) is 5.91 Å². The lowest BCUT2D eigenvalue weighted by atomic mass is 10.1. The standard InChI is InChI=1S/C16H17NO5/c1-21-9-12-11-4-2-3-5-13(11)22-15(12)16(20)17(8-14(18)19)10-6-7-10/h2-5,10H,6-9H2,1H3,(H,18,19). The summed E-state index contributed by atoms with van der Waals surface area (Å²) in [6.07, 6.45) is 1.66. The Labute approximate surface area is 127 Å². The first kappa shape index (κ1) is 14.6. The topological polar surface area (TPSA) is 80.0 Å². The van der Waals surface area contributed by atoms with Crippen molar-refractivity contribution in [1.82, 2.24) is 4.90 Å². The first-order chi connectivity index (χ1) is 10.6. The summed E-state index contributed by atoms with van der Waals surface area (Å²) in [7, 11) is 1.55. The number of hydrogen-bond donors (Lipinski definition) is 1. The number of para-hydroxylation sites is 1. The summed E-state index contributed by atoms with van der Waals surface area (Å²) in [6, 6.07) is 7.33. The predicted molar refractivity (Wildman–Crippen MR) is 78.6 cm³/mol. The van der Waals surface area contributed by atoms with Crippen LogP contribution in [0.3, 0.4) is 0 Å². The number of fused-ring (bicyclic) bond motifs is 1. The van der Waals surface area contributed by atoms with Crippen molar-refractivity contribution in [3.05, 3.63) is 35.6 Å². The van der Waals surface area contributed by atoms with Gasteiger partial charge in [0, 0.05) is 24.1 Å². The number of hydrogen-bond acceptors (Lipinski definition) is 4. The van der Waals surface area contributed by atoms with Gasteiger partial charge in [0.05, 0.1) is 6.61 Å². The number of carbonyl (C=O) groups is 2. The molecule has 0 saturated heterocycles. The highest BCUT2D eigenvalue weighted by Gasteiger charge is 2.37. The molecular weight excluding hydrogens is 286 g/mol. The second kappa shape index (κ2) is 5.81. The maximum atomic E-state index is 12.7. The molecule has 1 amide bonds. The minimum absolute atomic E-state index is 0.00722. The number of carboxylic acid groups (broad SMARTS) is 1. The fourth-order valence-electron chi connectivity index (χ4n) is 2.59. The third-order valence-corrected chi connectivity index (χ3v) is 3.74. The summed E-state index contributed by atoms with van der Waals surface area (Å²) in [6.45, 7) is -0.0728. The summed E-state index contributed by atoms with van der Waals surface area (Å²) in [5.74, 6) is -1.23. The monoisotopic (exact) mass is 303 g/mol. The molecule has 0 atom stereocenters. The van der Waals surface area contributed by atoms with Crippen LogP contribution in [0.25, 0.3) is 11.0 Å². The van der Waals surface area contributed by atoms with Crippen molar-refractivity contribution in [1.29, 1.82) is 0 Å². The van der Waals surface area contributed by atoms with Gasteiger partial charge in [0.1, 0.15) is 12.1 Å². The Hall–Kier alpha value is -2.34. The molecule has 3 rings (SSSR count). The number of aliphatic carboxylic acids is 1. The average molecular weight is 303 g/mol. The summed E-state index contributed by atoms with van der Waals surface area (Å²) in [5, 5.41) is 9.84. The zero-order valence-corrected chi connectivity index (χ0v) is 12.2. The van der Waals surface area contributed by atoms with Crippen molar-refractivity contribution in [3.63, 3.8) is 0 Å². The zero-order chi connectivity index (χ0) is 15.7. The van der Waals surface area contributed by atoms with E-state index in [1.165, 1.54) is 4.90 Å². The third kappa shape index (κ3) is 2.69. The smallest absolute Gasteiger partial charge is 0.323 e. The maximum Gasteiger partial charge on any atom is 0.323 e. The number of nitrogens with zero attached hydrogens (tertiary/aromatic N) is 1.